The molecule has 100 valence electrons. The van der Waals surface area contributed by atoms with Gasteiger partial charge in [0.1, 0.15) is 4.88 Å². The average molecular weight is 304 g/mol. The molecule has 0 aliphatic heterocycles. The van der Waals surface area contributed by atoms with E-state index < -0.39 is 18.0 Å². The van der Waals surface area contributed by atoms with Crippen LogP contribution in [-0.4, -0.2) is 15.5 Å². The Morgan fingerprint density at radius 3 is 2.89 bits per heavy atom. The lowest BCUT2D eigenvalue weighted by Gasteiger charge is -2.08. The summed E-state index contributed by atoms with van der Waals surface area (Å²) in [5.74, 6) is -0.671. The molecule has 1 N–H and O–H groups in total. The van der Waals surface area contributed by atoms with Gasteiger partial charge in [-0.25, -0.2) is 8.78 Å². The number of aromatic nitrogens is 2. The molecule has 0 aliphatic rings. The Bertz CT molecular complexity index is 618. The highest BCUT2D eigenvalue weighted by Gasteiger charge is 2.23. The van der Waals surface area contributed by atoms with Crippen LogP contribution in [0.3, 0.4) is 0 Å². The molecule has 1 heterocycles. The monoisotopic (exact) mass is 303 g/mol. The van der Waals surface area contributed by atoms with Gasteiger partial charge in [-0.05, 0) is 36.2 Å². The van der Waals surface area contributed by atoms with E-state index in [2.05, 4.69) is 14.9 Å². The summed E-state index contributed by atoms with van der Waals surface area (Å²) in [4.78, 5) is 11.7. The third kappa shape index (κ3) is 3.05. The highest BCUT2D eigenvalue weighted by atomic mass is 35.5. The van der Waals surface area contributed by atoms with E-state index in [1.165, 1.54) is 0 Å². The number of hydrogen-bond donors (Lipinski definition) is 1. The maximum absolute atomic E-state index is 12.6. The largest absolute Gasteiger partial charge is 0.321 e. The Hall–Kier alpha value is -1.60. The van der Waals surface area contributed by atoms with Crippen LogP contribution >= 0.6 is 23.1 Å². The van der Waals surface area contributed by atoms with Crippen molar-refractivity contribution in [2.75, 3.05) is 5.32 Å². The Morgan fingerprint density at radius 1 is 1.47 bits per heavy atom. The summed E-state index contributed by atoms with van der Waals surface area (Å²) in [6.07, 6.45) is -2.83. The minimum atomic E-state index is -2.83. The second-order valence-corrected chi connectivity index (χ2v) is 4.89. The van der Waals surface area contributed by atoms with Gasteiger partial charge >= 0.3 is 0 Å². The molecule has 0 unspecified atom stereocenters. The molecule has 0 saturated heterocycles. The molecule has 1 aromatic carbocycles. The van der Waals surface area contributed by atoms with Crippen LogP contribution in [0.5, 0.6) is 0 Å². The number of anilines is 1. The van der Waals surface area contributed by atoms with E-state index in [-0.39, 0.29) is 4.88 Å². The molecule has 8 heteroatoms. The average Bonchev–Trinajstić information content (AvgIpc) is 2.83. The van der Waals surface area contributed by atoms with Gasteiger partial charge in [-0.1, -0.05) is 22.2 Å². The summed E-state index contributed by atoms with van der Waals surface area (Å²) in [5, 5.41) is 6.21. The van der Waals surface area contributed by atoms with Gasteiger partial charge in [0, 0.05) is 10.7 Å². The minimum absolute atomic E-state index is 0.200. The second kappa shape index (κ2) is 5.58. The SMILES string of the molecule is Cc1ccc(Cl)cc1NC(=O)c1snnc1C(F)F. The normalized spacial score (nSPS) is 10.8. The molecule has 0 atom stereocenters. The van der Waals surface area contributed by atoms with E-state index in [4.69, 9.17) is 11.6 Å². The van der Waals surface area contributed by atoms with Crippen LogP contribution in [0.2, 0.25) is 5.02 Å². The van der Waals surface area contributed by atoms with Crippen LogP contribution in [0, 0.1) is 6.92 Å². The zero-order valence-electron chi connectivity index (χ0n) is 9.65. The molecule has 4 nitrogen and oxygen atoms in total. The highest BCUT2D eigenvalue weighted by molar-refractivity contribution is 7.08. The van der Waals surface area contributed by atoms with E-state index in [0.717, 1.165) is 5.56 Å². The Balaban J connectivity index is 2.26. The second-order valence-electron chi connectivity index (χ2n) is 3.70. The van der Waals surface area contributed by atoms with Crippen LogP contribution < -0.4 is 5.32 Å². The van der Waals surface area contributed by atoms with Gasteiger partial charge in [-0.15, -0.1) is 5.10 Å². The van der Waals surface area contributed by atoms with Crippen molar-refractivity contribution in [3.8, 4) is 0 Å². The summed E-state index contributed by atoms with van der Waals surface area (Å²) >= 11 is 6.44. The summed E-state index contributed by atoms with van der Waals surface area (Å²) in [6, 6.07) is 4.94. The number of benzene rings is 1. The fraction of sp³-hybridized carbons (Fsp3) is 0.182. The van der Waals surface area contributed by atoms with Crippen molar-refractivity contribution >= 4 is 34.7 Å². The maximum Gasteiger partial charge on any atom is 0.283 e. The lowest BCUT2D eigenvalue weighted by Crippen LogP contribution is -2.13. The molecule has 1 aromatic heterocycles. The number of amides is 1. The third-order valence-electron chi connectivity index (χ3n) is 2.37. The first-order valence-corrected chi connectivity index (χ1v) is 6.32. The number of nitrogens with one attached hydrogen (secondary N) is 1. The van der Waals surface area contributed by atoms with E-state index in [0.29, 0.717) is 22.2 Å². The number of halogens is 3. The first kappa shape index (κ1) is 13.8. The Labute approximate surface area is 116 Å². The standard InChI is InChI=1S/C11H8ClF2N3OS/c1-5-2-3-6(12)4-7(5)15-11(18)9-8(10(13)14)16-17-19-9/h2-4,10H,1H3,(H,15,18). The van der Waals surface area contributed by atoms with Crippen LogP contribution in [0.4, 0.5) is 14.5 Å². The van der Waals surface area contributed by atoms with Gasteiger partial charge in [0.25, 0.3) is 12.3 Å². The summed E-state index contributed by atoms with van der Waals surface area (Å²) < 4.78 is 28.6. The predicted molar refractivity (Wildman–Crippen MR) is 69.0 cm³/mol. The quantitative estimate of drug-likeness (QED) is 0.941. The lowest BCUT2D eigenvalue weighted by atomic mass is 10.2. The molecule has 0 aliphatic carbocycles. The van der Waals surface area contributed by atoms with Crippen LogP contribution in [0.25, 0.3) is 0 Å². The zero-order valence-corrected chi connectivity index (χ0v) is 11.2. The topological polar surface area (TPSA) is 54.9 Å². The number of carbonyl (C=O) groups is 1. The Kier molecular flexibility index (Phi) is 4.06. The van der Waals surface area contributed by atoms with Gasteiger partial charge in [0.2, 0.25) is 0 Å². The van der Waals surface area contributed by atoms with Gasteiger partial charge in [-0.3, -0.25) is 4.79 Å². The van der Waals surface area contributed by atoms with E-state index >= 15 is 0 Å². The van der Waals surface area contributed by atoms with Crippen molar-refractivity contribution in [2.45, 2.75) is 13.3 Å². The molecular weight excluding hydrogens is 296 g/mol. The van der Waals surface area contributed by atoms with Crippen molar-refractivity contribution in [3.63, 3.8) is 0 Å². The van der Waals surface area contributed by atoms with Crippen molar-refractivity contribution in [1.29, 1.82) is 0 Å². The molecule has 0 radical (unpaired) electrons. The number of hydrogen-bond acceptors (Lipinski definition) is 4. The molecule has 0 spiro atoms. The Morgan fingerprint density at radius 2 is 2.21 bits per heavy atom. The highest BCUT2D eigenvalue weighted by Crippen LogP contribution is 2.25. The van der Waals surface area contributed by atoms with Crippen LogP contribution in [0.15, 0.2) is 18.2 Å². The number of rotatable bonds is 3. The fourth-order valence-electron chi connectivity index (χ4n) is 1.41. The first-order valence-electron chi connectivity index (χ1n) is 5.17. The van der Waals surface area contributed by atoms with Crippen molar-refractivity contribution in [2.24, 2.45) is 0 Å². The van der Waals surface area contributed by atoms with Crippen LogP contribution in [-0.2, 0) is 0 Å². The molecule has 0 fully saturated rings. The van der Waals surface area contributed by atoms with Crippen molar-refractivity contribution < 1.29 is 13.6 Å². The molecular formula is C11H8ClF2N3OS. The first-order chi connectivity index (χ1) is 8.99. The number of carbonyl (C=O) groups excluding carboxylic acids is 1. The third-order valence-corrected chi connectivity index (χ3v) is 3.35. The van der Waals surface area contributed by atoms with E-state index in [1.807, 2.05) is 0 Å². The van der Waals surface area contributed by atoms with Crippen molar-refractivity contribution in [1.82, 2.24) is 9.59 Å². The summed E-state index contributed by atoms with van der Waals surface area (Å²) in [7, 11) is 0. The molecule has 19 heavy (non-hydrogen) atoms. The number of alkyl halides is 2. The number of aryl methyl sites for hydroxylation is 1. The maximum atomic E-state index is 12.6. The molecule has 0 bridgehead atoms. The van der Waals surface area contributed by atoms with Gasteiger partial charge in [-0.2, -0.15) is 0 Å². The number of nitrogens with zero attached hydrogens (tertiary/aromatic N) is 2. The predicted octanol–water partition coefficient (Wildman–Crippen LogP) is 3.69. The zero-order chi connectivity index (χ0) is 14.0. The van der Waals surface area contributed by atoms with Crippen molar-refractivity contribution in [3.05, 3.63) is 39.4 Å². The smallest absolute Gasteiger partial charge is 0.283 e. The van der Waals surface area contributed by atoms with Gasteiger partial charge < -0.3 is 5.32 Å². The minimum Gasteiger partial charge on any atom is -0.321 e. The van der Waals surface area contributed by atoms with Crippen LogP contribution in [0.1, 0.15) is 27.4 Å². The molecule has 0 saturated carbocycles. The molecule has 2 aromatic rings. The molecule has 2 rings (SSSR count). The van der Waals surface area contributed by atoms with Gasteiger partial charge in [0.15, 0.2) is 5.69 Å². The van der Waals surface area contributed by atoms with Gasteiger partial charge in [0.05, 0.1) is 0 Å². The van der Waals surface area contributed by atoms with E-state index in [9.17, 15) is 13.6 Å². The lowest BCUT2D eigenvalue weighted by molar-refractivity contribution is 0.101. The molecule has 1 amide bonds. The summed E-state index contributed by atoms with van der Waals surface area (Å²) in [5.41, 5.74) is 0.627. The summed E-state index contributed by atoms with van der Waals surface area (Å²) in [6.45, 7) is 1.77. The fourth-order valence-corrected chi connectivity index (χ4v) is 2.15. The van der Waals surface area contributed by atoms with E-state index in [1.54, 1.807) is 25.1 Å².